The van der Waals surface area contributed by atoms with Gasteiger partial charge in [-0.1, -0.05) is 79.0 Å². The number of thiophene rings is 2. The summed E-state index contributed by atoms with van der Waals surface area (Å²) in [5.41, 5.74) is 2.28. The topological polar surface area (TPSA) is 69.7 Å². The molecule has 1 aliphatic carbocycles. The third kappa shape index (κ3) is 4.75. The Morgan fingerprint density at radius 2 is 1.37 bits per heavy atom. The van der Waals surface area contributed by atoms with Crippen LogP contribution in [-0.4, -0.2) is 20.0 Å². The van der Waals surface area contributed by atoms with Crippen LogP contribution in [0.2, 0.25) is 10.0 Å². The Hall–Kier alpha value is -4.36. The number of anilines is 1. The zero-order valence-corrected chi connectivity index (χ0v) is 35.0. The maximum Gasteiger partial charge on any atom is 0.168 e. The predicted molar refractivity (Wildman–Crippen MR) is 223 cm³/mol. The van der Waals surface area contributed by atoms with E-state index in [-0.39, 0.29) is 44.0 Å². The molecule has 3 aliphatic rings. The van der Waals surface area contributed by atoms with Gasteiger partial charge in [0.1, 0.15) is 25.9 Å². The first-order valence-corrected chi connectivity index (χ1v) is 21.7. The molecule has 0 saturated heterocycles. The number of hydrogen-bond acceptors (Lipinski definition) is 7. The second-order valence-corrected chi connectivity index (χ2v) is 19.9. The Bertz CT molecular complexity index is 3300. The first-order chi connectivity index (χ1) is 26.9. The average Bonchev–Trinajstić information content (AvgIpc) is 3.74. The lowest BCUT2D eigenvalue weighted by atomic mass is 9.71. The van der Waals surface area contributed by atoms with E-state index in [1.165, 1.54) is 22.7 Å². The van der Waals surface area contributed by atoms with Crippen LogP contribution in [0.4, 0.5) is 18.9 Å². The summed E-state index contributed by atoms with van der Waals surface area (Å²) in [7, 11) is -3.87. The molecule has 288 valence electrons. The molecule has 0 fully saturated rings. The molecular formula is C44H29Cl2F3NO4S3-. The molecule has 4 heterocycles. The van der Waals surface area contributed by atoms with E-state index in [1.54, 1.807) is 12.1 Å². The SMILES string of the molecule is CC1=c2c(cc3c(c2Cl)Oc2c(cc4c(c2Cl)N(C)C(C)(C)c2c-4sc4ccccc24)C=3c2c(F)c(F)cc(F)c2S(=O)(=O)[O-])-c2sc3ccccc3c2C1(C)C. The molecule has 0 amide bonds. The highest BCUT2D eigenvalue weighted by Gasteiger charge is 2.43. The minimum Gasteiger partial charge on any atom is -0.744 e. The Kier molecular flexibility index (Phi) is 7.69. The van der Waals surface area contributed by atoms with E-state index in [4.69, 9.17) is 27.9 Å². The second-order valence-electron chi connectivity index (χ2n) is 15.7. The fraction of sp³-hybridized carbons (Fsp3) is 0.182. The molecule has 0 radical (unpaired) electrons. The fourth-order valence-corrected chi connectivity index (χ4v) is 13.3. The highest BCUT2D eigenvalue weighted by molar-refractivity contribution is 7.85. The first-order valence-electron chi connectivity index (χ1n) is 17.9. The van der Waals surface area contributed by atoms with Crippen LogP contribution >= 0.6 is 45.9 Å². The Morgan fingerprint density at radius 1 is 0.772 bits per heavy atom. The van der Waals surface area contributed by atoms with Crippen molar-refractivity contribution in [2.45, 2.75) is 50.5 Å². The van der Waals surface area contributed by atoms with Gasteiger partial charge in [-0.2, -0.15) is 0 Å². The number of benzene rings is 5. The van der Waals surface area contributed by atoms with Gasteiger partial charge in [0.15, 0.2) is 23.1 Å². The lowest BCUT2D eigenvalue weighted by Crippen LogP contribution is -2.41. The number of ether oxygens (including phenoxy) is 1. The standard InChI is InChI=1S/C44H30Cl2F3NO4S3/c1-18-29-23(40-32(43(18,2)3)19-11-7-9-13-27(19)55-40)15-21-30(31-36(49)25(47)17-26(48)42(31)57(51,52)53)22-16-24-37(35(46)39(22)54-38(21)34(29)45)50(6)44(4,5)33-20-12-8-10-14-28(20)56-41(24)33/h7-17H,1-6H3,(H,51,52,53)/p-1. The van der Waals surface area contributed by atoms with E-state index < -0.39 is 49.0 Å². The van der Waals surface area contributed by atoms with Gasteiger partial charge in [0.25, 0.3) is 0 Å². The molecule has 13 heteroatoms. The molecule has 0 atom stereocenters. The lowest BCUT2D eigenvalue weighted by Gasteiger charge is -2.44. The van der Waals surface area contributed by atoms with Crippen LogP contribution in [-0.2, 0) is 21.1 Å². The van der Waals surface area contributed by atoms with Gasteiger partial charge in [0.2, 0.25) is 0 Å². The Balaban J connectivity index is 1.44. The van der Waals surface area contributed by atoms with Gasteiger partial charge in [0, 0.05) is 81.5 Å². The molecule has 5 aromatic carbocycles. The normalized spacial score (nSPS) is 16.2. The molecule has 0 N–H and O–H groups in total. The molecule has 57 heavy (non-hydrogen) atoms. The second kappa shape index (κ2) is 11.9. The molecule has 7 aromatic rings. The maximum absolute atomic E-state index is 16.6. The van der Waals surface area contributed by atoms with Crippen molar-refractivity contribution in [2.24, 2.45) is 0 Å². The van der Waals surface area contributed by atoms with Gasteiger partial charge in [0.05, 0.1) is 16.2 Å². The fourth-order valence-electron chi connectivity index (χ4n) is 9.08. The Morgan fingerprint density at radius 3 is 2.00 bits per heavy atom. The molecule has 0 unspecified atom stereocenters. The van der Waals surface area contributed by atoms with Crippen molar-refractivity contribution in [3.8, 4) is 32.4 Å². The number of hydrogen-bond donors (Lipinski definition) is 0. The number of halogens is 5. The van der Waals surface area contributed by atoms with Gasteiger partial charge in [-0.25, -0.2) is 21.6 Å². The molecule has 0 saturated carbocycles. The van der Waals surface area contributed by atoms with Crippen molar-refractivity contribution in [1.82, 2.24) is 0 Å². The van der Waals surface area contributed by atoms with Gasteiger partial charge in [-0.15, -0.1) is 22.7 Å². The summed E-state index contributed by atoms with van der Waals surface area (Å²) in [6, 6.07) is 19.3. The molecule has 0 bridgehead atoms. The van der Waals surface area contributed by atoms with Crippen molar-refractivity contribution >= 4 is 93.0 Å². The highest BCUT2D eigenvalue weighted by Crippen LogP contribution is 2.60. The highest BCUT2D eigenvalue weighted by atomic mass is 35.5. The number of rotatable bonds is 2. The molecule has 2 aromatic heterocycles. The zero-order chi connectivity index (χ0) is 40.4. The van der Waals surface area contributed by atoms with Gasteiger partial charge in [-0.05, 0) is 61.4 Å². The van der Waals surface area contributed by atoms with Crippen molar-refractivity contribution in [3.05, 3.63) is 127 Å². The van der Waals surface area contributed by atoms with Crippen LogP contribution in [0.5, 0.6) is 11.5 Å². The summed E-state index contributed by atoms with van der Waals surface area (Å²) in [5.74, 6) is -5.22. The smallest absolute Gasteiger partial charge is 0.168 e. The van der Waals surface area contributed by atoms with E-state index in [0.717, 1.165) is 46.6 Å². The minimum absolute atomic E-state index is 0.0287. The largest absolute Gasteiger partial charge is 0.744 e. The van der Waals surface area contributed by atoms with Crippen molar-refractivity contribution in [3.63, 3.8) is 0 Å². The van der Waals surface area contributed by atoms with Crippen LogP contribution in [0.3, 0.4) is 0 Å². The Labute approximate surface area is 343 Å². The van der Waals surface area contributed by atoms with Crippen LogP contribution in [0, 0.1) is 17.5 Å². The van der Waals surface area contributed by atoms with Crippen LogP contribution < -0.4 is 20.1 Å². The van der Waals surface area contributed by atoms with Crippen LogP contribution in [0.25, 0.3) is 52.2 Å². The minimum atomic E-state index is -5.76. The zero-order valence-electron chi connectivity index (χ0n) is 31.0. The summed E-state index contributed by atoms with van der Waals surface area (Å²) in [5, 5.41) is 2.92. The summed E-state index contributed by atoms with van der Waals surface area (Å²) >= 11 is 17.9. The van der Waals surface area contributed by atoms with Crippen LogP contribution in [0.1, 0.15) is 56.9 Å². The molecule has 10 rings (SSSR count). The summed E-state index contributed by atoms with van der Waals surface area (Å²) < 4.78 is 95.6. The molecular weight excluding hydrogens is 831 g/mol. The van der Waals surface area contributed by atoms with Gasteiger partial charge in [-0.3, -0.25) is 0 Å². The van der Waals surface area contributed by atoms with E-state index in [1.807, 2.05) is 67.4 Å². The van der Waals surface area contributed by atoms with E-state index in [9.17, 15) is 13.0 Å². The summed E-state index contributed by atoms with van der Waals surface area (Å²) in [6.07, 6.45) is 0. The quantitative estimate of drug-likeness (QED) is 0.128. The monoisotopic (exact) mass is 858 g/mol. The van der Waals surface area contributed by atoms with E-state index in [0.29, 0.717) is 22.0 Å². The van der Waals surface area contributed by atoms with E-state index >= 15 is 13.2 Å². The maximum atomic E-state index is 16.6. The van der Waals surface area contributed by atoms with Gasteiger partial charge < -0.3 is 14.2 Å². The van der Waals surface area contributed by atoms with Crippen LogP contribution in [0.15, 0.2) is 71.6 Å². The summed E-state index contributed by atoms with van der Waals surface area (Å²) in [4.78, 5) is 2.18. The molecule has 0 spiro atoms. The van der Waals surface area contributed by atoms with Gasteiger partial charge >= 0.3 is 0 Å². The summed E-state index contributed by atoms with van der Waals surface area (Å²) in [6.45, 7) is 10.3. The van der Waals surface area contributed by atoms with Crippen molar-refractivity contribution in [2.75, 3.05) is 11.9 Å². The average molecular weight is 860 g/mol. The lowest BCUT2D eigenvalue weighted by molar-refractivity contribution is 0.442. The van der Waals surface area contributed by atoms with Crippen molar-refractivity contribution in [1.29, 1.82) is 0 Å². The predicted octanol–water partition coefficient (Wildman–Crippen LogP) is 11.6. The number of fused-ring (bicyclic) bond motifs is 12. The number of nitrogens with zero attached hydrogens (tertiary/aromatic N) is 1. The third-order valence-electron chi connectivity index (χ3n) is 12.2. The van der Waals surface area contributed by atoms with Crippen molar-refractivity contribution < 1.29 is 30.9 Å². The molecule has 5 nitrogen and oxygen atoms in total. The molecule has 2 aliphatic heterocycles. The third-order valence-corrected chi connectivity index (χ3v) is 16.2. The van der Waals surface area contributed by atoms with E-state index in [2.05, 4.69) is 27.7 Å². The first kappa shape index (κ1) is 36.9.